The Kier molecular flexibility index (Phi) is 3.68. The second-order valence-corrected chi connectivity index (χ2v) is 5.89. The fourth-order valence-corrected chi connectivity index (χ4v) is 3.04. The van der Waals surface area contributed by atoms with Crippen LogP contribution in [0.2, 0.25) is 5.02 Å². The van der Waals surface area contributed by atoms with Crippen molar-refractivity contribution in [3.05, 3.63) is 51.5 Å². The molecule has 1 aromatic heterocycles. The molecule has 0 unspecified atom stereocenters. The van der Waals surface area contributed by atoms with Crippen LogP contribution in [0.25, 0.3) is 11.0 Å². The Labute approximate surface area is 128 Å². The number of rotatable bonds is 3. The highest BCUT2D eigenvalue weighted by Crippen LogP contribution is 2.30. The van der Waals surface area contributed by atoms with Crippen LogP contribution in [0.5, 0.6) is 0 Å². The van der Waals surface area contributed by atoms with E-state index in [1.54, 1.807) is 0 Å². The van der Waals surface area contributed by atoms with E-state index < -0.39 is 0 Å². The maximum atomic E-state index is 6.22. The molecule has 19 heavy (non-hydrogen) atoms. The van der Waals surface area contributed by atoms with Crippen molar-refractivity contribution in [1.82, 2.24) is 8.75 Å². The summed E-state index contributed by atoms with van der Waals surface area (Å²) in [5.74, 6) is 0. The summed E-state index contributed by atoms with van der Waals surface area (Å²) >= 11 is 10.9. The van der Waals surface area contributed by atoms with Gasteiger partial charge in [0.25, 0.3) is 0 Å². The summed E-state index contributed by atoms with van der Waals surface area (Å²) in [4.78, 5) is 0. The minimum Gasteiger partial charge on any atom is -0.378 e. The predicted octanol–water partition coefficient (Wildman–Crippen LogP) is 4.72. The zero-order valence-electron chi connectivity index (χ0n) is 9.73. The van der Waals surface area contributed by atoms with Gasteiger partial charge in [0.2, 0.25) is 0 Å². The van der Waals surface area contributed by atoms with E-state index >= 15 is 0 Å². The number of halogens is 2. The Hall–Kier alpha value is -1.17. The number of nitrogens with one attached hydrogen (secondary N) is 1. The average Bonchev–Trinajstić information content (AvgIpc) is 2.86. The van der Waals surface area contributed by atoms with E-state index in [4.69, 9.17) is 11.6 Å². The monoisotopic (exact) mass is 353 g/mol. The highest BCUT2D eigenvalue weighted by molar-refractivity contribution is 9.10. The maximum Gasteiger partial charge on any atom is 0.129 e. The summed E-state index contributed by atoms with van der Waals surface area (Å²) < 4.78 is 9.56. The lowest BCUT2D eigenvalue weighted by molar-refractivity contribution is 1.15. The van der Waals surface area contributed by atoms with Crippen molar-refractivity contribution in [2.75, 3.05) is 5.32 Å². The molecule has 0 bridgehead atoms. The molecule has 0 atom stereocenters. The highest BCUT2D eigenvalue weighted by Gasteiger charge is 2.09. The maximum absolute atomic E-state index is 6.22. The van der Waals surface area contributed by atoms with Gasteiger partial charge in [-0.25, -0.2) is 0 Å². The zero-order chi connectivity index (χ0) is 13.2. The topological polar surface area (TPSA) is 37.8 Å². The van der Waals surface area contributed by atoms with Crippen LogP contribution in [-0.4, -0.2) is 8.75 Å². The highest BCUT2D eigenvalue weighted by atomic mass is 79.9. The first kappa shape index (κ1) is 12.8. The molecule has 3 nitrogen and oxygen atoms in total. The van der Waals surface area contributed by atoms with Gasteiger partial charge in [0, 0.05) is 11.0 Å². The first-order valence-electron chi connectivity index (χ1n) is 5.63. The van der Waals surface area contributed by atoms with Gasteiger partial charge in [0.1, 0.15) is 11.0 Å². The molecule has 6 heteroatoms. The largest absolute Gasteiger partial charge is 0.378 e. The van der Waals surface area contributed by atoms with Crippen molar-refractivity contribution >= 4 is 56.0 Å². The lowest BCUT2D eigenvalue weighted by Gasteiger charge is -2.09. The fraction of sp³-hybridized carbons (Fsp3) is 0.0769. The molecule has 0 fully saturated rings. The van der Waals surface area contributed by atoms with Crippen LogP contribution in [0.4, 0.5) is 5.69 Å². The van der Waals surface area contributed by atoms with Gasteiger partial charge in [-0.05, 0) is 29.8 Å². The molecule has 1 heterocycles. The van der Waals surface area contributed by atoms with Crippen molar-refractivity contribution in [3.8, 4) is 0 Å². The number of benzene rings is 2. The van der Waals surface area contributed by atoms with Crippen LogP contribution in [0, 0.1) is 0 Å². The van der Waals surface area contributed by atoms with Crippen molar-refractivity contribution in [2.45, 2.75) is 6.54 Å². The van der Waals surface area contributed by atoms with E-state index in [1.165, 1.54) is 17.3 Å². The van der Waals surface area contributed by atoms with Gasteiger partial charge in [-0.1, -0.05) is 39.7 Å². The van der Waals surface area contributed by atoms with Gasteiger partial charge >= 0.3 is 0 Å². The molecule has 0 spiro atoms. The third kappa shape index (κ3) is 2.73. The summed E-state index contributed by atoms with van der Waals surface area (Å²) in [6, 6.07) is 11.9. The normalized spacial score (nSPS) is 10.8. The zero-order valence-corrected chi connectivity index (χ0v) is 12.9. The van der Waals surface area contributed by atoms with Crippen LogP contribution in [0.15, 0.2) is 40.9 Å². The first-order valence-corrected chi connectivity index (χ1v) is 7.53. The molecule has 0 aliphatic carbocycles. The molecule has 2 aromatic carbocycles. The van der Waals surface area contributed by atoms with Gasteiger partial charge in [0.15, 0.2) is 0 Å². The fourth-order valence-electron chi connectivity index (χ4n) is 1.83. The molecule has 96 valence electrons. The second-order valence-electron chi connectivity index (χ2n) is 4.04. The van der Waals surface area contributed by atoms with Crippen molar-refractivity contribution < 1.29 is 0 Å². The summed E-state index contributed by atoms with van der Waals surface area (Å²) in [5.41, 5.74) is 3.71. The van der Waals surface area contributed by atoms with E-state index in [0.29, 0.717) is 11.6 Å². The minimum absolute atomic E-state index is 0.662. The molecule has 1 N–H and O–H groups in total. The predicted molar refractivity (Wildman–Crippen MR) is 83.9 cm³/mol. The summed E-state index contributed by atoms with van der Waals surface area (Å²) in [5, 5.41) is 4.00. The Morgan fingerprint density at radius 1 is 1.21 bits per heavy atom. The third-order valence-electron chi connectivity index (χ3n) is 2.74. The van der Waals surface area contributed by atoms with Crippen molar-refractivity contribution in [1.29, 1.82) is 0 Å². The quantitative estimate of drug-likeness (QED) is 0.739. The summed E-state index contributed by atoms with van der Waals surface area (Å²) in [6.45, 7) is 0.690. The first-order chi connectivity index (χ1) is 9.24. The number of anilines is 1. The lowest BCUT2D eigenvalue weighted by Crippen LogP contribution is -2.00. The molecule has 0 saturated carbocycles. The van der Waals surface area contributed by atoms with Crippen molar-refractivity contribution in [2.24, 2.45) is 0 Å². The van der Waals surface area contributed by atoms with Crippen LogP contribution in [-0.2, 0) is 6.54 Å². The molecule has 0 saturated heterocycles. The molecule has 0 amide bonds. The van der Waals surface area contributed by atoms with Crippen LogP contribution in [0.3, 0.4) is 0 Å². The average molecular weight is 355 g/mol. The SMILES string of the molecule is Clc1ccc2nsnc2c1NCc1cccc(Br)c1. The number of hydrogen-bond acceptors (Lipinski definition) is 4. The number of hydrogen-bond donors (Lipinski definition) is 1. The Morgan fingerprint density at radius 2 is 2.11 bits per heavy atom. The van der Waals surface area contributed by atoms with E-state index in [1.807, 2.05) is 24.3 Å². The van der Waals surface area contributed by atoms with Gasteiger partial charge in [-0.3, -0.25) is 0 Å². The van der Waals surface area contributed by atoms with E-state index in [0.717, 1.165) is 21.2 Å². The van der Waals surface area contributed by atoms with Gasteiger partial charge in [0.05, 0.1) is 22.4 Å². The van der Waals surface area contributed by atoms with Crippen LogP contribution < -0.4 is 5.32 Å². The molecule has 3 rings (SSSR count). The standard InChI is InChI=1S/C13H9BrClN3S/c14-9-3-1-2-8(6-9)7-16-12-10(15)4-5-11-13(12)18-19-17-11/h1-6,16H,7H2. The second kappa shape index (κ2) is 5.45. The van der Waals surface area contributed by atoms with Gasteiger partial charge in [-0.2, -0.15) is 8.75 Å². The van der Waals surface area contributed by atoms with Crippen LogP contribution in [0.1, 0.15) is 5.56 Å². The number of fused-ring (bicyclic) bond motifs is 1. The summed E-state index contributed by atoms with van der Waals surface area (Å²) in [7, 11) is 0. The summed E-state index contributed by atoms with van der Waals surface area (Å²) in [6.07, 6.45) is 0. The van der Waals surface area contributed by atoms with E-state index in [-0.39, 0.29) is 0 Å². The lowest BCUT2D eigenvalue weighted by atomic mass is 10.2. The number of aromatic nitrogens is 2. The Balaban J connectivity index is 1.89. The third-order valence-corrected chi connectivity index (χ3v) is 4.09. The van der Waals surface area contributed by atoms with E-state index in [2.05, 4.69) is 42.1 Å². The Morgan fingerprint density at radius 3 is 2.95 bits per heavy atom. The molecule has 0 aliphatic rings. The van der Waals surface area contributed by atoms with Gasteiger partial charge < -0.3 is 5.32 Å². The van der Waals surface area contributed by atoms with Crippen LogP contribution >= 0.6 is 39.3 Å². The molecule has 0 aliphatic heterocycles. The molecule has 3 aromatic rings. The molecular weight excluding hydrogens is 346 g/mol. The van der Waals surface area contributed by atoms with E-state index in [9.17, 15) is 0 Å². The Bertz CT molecular complexity index is 729. The number of nitrogens with zero attached hydrogens (tertiary/aromatic N) is 2. The minimum atomic E-state index is 0.662. The van der Waals surface area contributed by atoms with Gasteiger partial charge in [-0.15, -0.1) is 0 Å². The van der Waals surface area contributed by atoms with Crippen molar-refractivity contribution in [3.63, 3.8) is 0 Å². The smallest absolute Gasteiger partial charge is 0.129 e. The molecule has 0 radical (unpaired) electrons. The molecular formula is C13H9BrClN3S.